The number of urea groups is 1. The molecule has 1 aliphatic heterocycles. The molecule has 0 radical (unpaired) electrons. The number of piperidine rings is 1. The SMILES string of the molecule is NC(=O)c1ccc(CN(CC2CCNCC2)C(=O)N(c2ccc(Cl)cc2)c2ccccc2N)cc1. The molecule has 1 aliphatic rings. The minimum Gasteiger partial charge on any atom is -0.397 e. The van der Waals surface area contributed by atoms with Crippen molar-refractivity contribution in [2.24, 2.45) is 11.7 Å². The second-order valence-corrected chi connectivity index (χ2v) is 9.22. The monoisotopic (exact) mass is 491 g/mol. The Morgan fingerprint density at radius 2 is 1.60 bits per heavy atom. The minimum atomic E-state index is -0.479. The van der Waals surface area contributed by atoms with Gasteiger partial charge in [-0.25, -0.2) is 4.79 Å². The first-order valence-electron chi connectivity index (χ1n) is 11.7. The fourth-order valence-corrected chi connectivity index (χ4v) is 4.48. The van der Waals surface area contributed by atoms with Crippen LogP contribution in [-0.4, -0.2) is 36.5 Å². The normalized spacial score (nSPS) is 13.9. The molecule has 3 amide bonds. The molecule has 0 atom stereocenters. The van der Waals surface area contributed by atoms with E-state index >= 15 is 0 Å². The summed E-state index contributed by atoms with van der Waals surface area (Å²) in [5, 5.41) is 3.97. The molecule has 1 heterocycles. The summed E-state index contributed by atoms with van der Waals surface area (Å²) >= 11 is 6.13. The van der Waals surface area contributed by atoms with Crippen LogP contribution in [0.4, 0.5) is 21.9 Å². The van der Waals surface area contributed by atoms with Crippen LogP contribution in [0.15, 0.2) is 72.8 Å². The third-order valence-corrected chi connectivity index (χ3v) is 6.53. The third kappa shape index (κ3) is 6.12. The summed E-state index contributed by atoms with van der Waals surface area (Å²) in [7, 11) is 0. The van der Waals surface area contributed by atoms with Crippen molar-refractivity contribution in [1.29, 1.82) is 0 Å². The standard InChI is InChI=1S/C27H30ClN5O2/c28-22-9-11-23(12-10-22)33(25-4-2-1-3-24(25)29)27(35)32(18-20-13-15-31-16-14-20)17-19-5-7-21(8-6-19)26(30)34/h1-12,20,31H,13-18,29H2,(H2,30,34). The van der Waals surface area contributed by atoms with E-state index in [0.717, 1.165) is 31.5 Å². The van der Waals surface area contributed by atoms with Crippen LogP contribution in [0.5, 0.6) is 0 Å². The first-order chi connectivity index (χ1) is 16.9. The Labute approximate surface area is 210 Å². The number of nitrogens with one attached hydrogen (secondary N) is 1. The summed E-state index contributed by atoms with van der Waals surface area (Å²) in [5.74, 6) is -0.0991. The lowest BCUT2D eigenvalue weighted by atomic mass is 9.97. The van der Waals surface area contributed by atoms with Gasteiger partial charge in [-0.3, -0.25) is 9.69 Å². The Morgan fingerprint density at radius 3 is 2.23 bits per heavy atom. The topological polar surface area (TPSA) is 105 Å². The number of carbonyl (C=O) groups is 2. The summed E-state index contributed by atoms with van der Waals surface area (Å²) in [4.78, 5) is 29.2. The Balaban J connectivity index is 1.70. The molecule has 0 bridgehead atoms. The molecule has 3 aromatic rings. The number of benzene rings is 3. The van der Waals surface area contributed by atoms with E-state index in [-0.39, 0.29) is 6.03 Å². The molecule has 1 fully saturated rings. The van der Waals surface area contributed by atoms with Crippen molar-refractivity contribution in [1.82, 2.24) is 10.2 Å². The van der Waals surface area contributed by atoms with Gasteiger partial charge in [0.25, 0.3) is 0 Å². The summed E-state index contributed by atoms with van der Waals surface area (Å²) in [6, 6.07) is 21.4. The number of primary amides is 1. The van der Waals surface area contributed by atoms with Crippen molar-refractivity contribution >= 4 is 40.6 Å². The molecule has 0 aliphatic carbocycles. The predicted octanol–water partition coefficient (Wildman–Crippen LogP) is 4.78. The highest BCUT2D eigenvalue weighted by Gasteiger charge is 2.28. The number of carbonyl (C=O) groups excluding carboxylic acids is 2. The van der Waals surface area contributed by atoms with Gasteiger partial charge >= 0.3 is 6.03 Å². The van der Waals surface area contributed by atoms with Crippen molar-refractivity contribution in [2.75, 3.05) is 30.3 Å². The van der Waals surface area contributed by atoms with Crippen LogP contribution in [0.3, 0.4) is 0 Å². The number of rotatable bonds is 7. The van der Waals surface area contributed by atoms with Crippen LogP contribution in [0.2, 0.25) is 5.02 Å². The van der Waals surface area contributed by atoms with Crippen molar-refractivity contribution in [3.8, 4) is 0 Å². The second kappa shape index (κ2) is 11.3. The number of hydrogen-bond donors (Lipinski definition) is 3. The van der Waals surface area contributed by atoms with Gasteiger partial charge in [0.05, 0.1) is 17.1 Å². The van der Waals surface area contributed by atoms with Crippen LogP contribution in [0.25, 0.3) is 0 Å². The van der Waals surface area contributed by atoms with Gasteiger partial charge in [-0.15, -0.1) is 0 Å². The molecule has 0 aromatic heterocycles. The molecule has 0 unspecified atom stereocenters. The smallest absolute Gasteiger partial charge is 0.329 e. The highest BCUT2D eigenvalue weighted by molar-refractivity contribution is 6.30. The highest BCUT2D eigenvalue weighted by atomic mass is 35.5. The maximum atomic E-state index is 14.2. The molecule has 182 valence electrons. The molecule has 1 saturated heterocycles. The summed E-state index contributed by atoms with van der Waals surface area (Å²) in [6.45, 7) is 2.87. The quantitative estimate of drug-likeness (QED) is 0.413. The molecule has 35 heavy (non-hydrogen) atoms. The number of anilines is 3. The van der Waals surface area contributed by atoms with Crippen LogP contribution in [-0.2, 0) is 6.54 Å². The van der Waals surface area contributed by atoms with Crippen LogP contribution in [0.1, 0.15) is 28.8 Å². The first kappa shape index (κ1) is 24.6. The molecule has 0 spiro atoms. The summed E-state index contributed by atoms with van der Waals surface area (Å²) in [5.41, 5.74) is 14.8. The van der Waals surface area contributed by atoms with E-state index in [2.05, 4.69) is 5.32 Å². The zero-order valence-corrected chi connectivity index (χ0v) is 20.2. The lowest BCUT2D eigenvalue weighted by Gasteiger charge is -2.35. The van der Waals surface area contributed by atoms with Crippen LogP contribution in [0, 0.1) is 5.92 Å². The van der Waals surface area contributed by atoms with Gasteiger partial charge in [-0.05, 0) is 85.9 Å². The number of hydrogen-bond acceptors (Lipinski definition) is 4. The van der Waals surface area contributed by atoms with Gasteiger partial charge in [-0.2, -0.15) is 0 Å². The number of halogens is 1. The maximum absolute atomic E-state index is 14.2. The largest absolute Gasteiger partial charge is 0.397 e. The number of para-hydroxylation sites is 2. The van der Waals surface area contributed by atoms with Crippen molar-refractivity contribution in [3.63, 3.8) is 0 Å². The zero-order chi connectivity index (χ0) is 24.8. The number of amides is 3. The molecule has 7 nitrogen and oxygen atoms in total. The maximum Gasteiger partial charge on any atom is 0.329 e. The fourth-order valence-electron chi connectivity index (χ4n) is 4.36. The molecule has 8 heteroatoms. The first-order valence-corrected chi connectivity index (χ1v) is 12.1. The van der Waals surface area contributed by atoms with E-state index in [9.17, 15) is 9.59 Å². The van der Waals surface area contributed by atoms with Crippen LogP contribution >= 0.6 is 11.6 Å². The van der Waals surface area contributed by atoms with E-state index in [0.29, 0.717) is 46.7 Å². The average Bonchev–Trinajstić information content (AvgIpc) is 2.87. The molecule has 0 saturated carbocycles. The van der Waals surface area contributed by atoms with E-state index in [1.807, 2.05) is 47.4 Å². The number of nitrogen functional groups attached to an aromatic ring is 1. The summed E-state index contributed by atoms with van der Waals surface area (Å²) in [6.07, 6.45) is 2.00. The Morgan fingerprint density at radius 1 is 0.943 bits per heavy atom. The molecular weight excluding hydrogens is 462 g/mol. The van der Waals surface area contributed by atoms with Gasteiger partial charge < -0.3 is 21.7 Å². The van der Waals surface area contributed by atoms with Crippen molar-refractivity contribution in [3.05, 3.63) is 88.9 Å². The van der Waals surface area contributed by atoms with E-state index < -0.39 is 5.91 Å². The second-order valence-electron chi connectivity index (χ2n) is 8.79. The molecule has 5 N–H and O–H groups in total. The van der Waals surface area contributed by atoms with Gasteiger partial charge in [0, 0.05) is 23.7 Å². The third-order valence-electron chi connectivity index (χ3n) is 6.27. The Bertz CT molecular complexity index is 1160. The predicted molar refractivity (Wildman–Crippen MR) is 141 cm³/mol. The average molecular weight is 492 g/mol. The fraction of sp³-hybridized carbons (Fsp3) is 0.259. The van der Waals surface area contributed by atoms with Gasteiger partial charge in [0.2, 0.25) is 5.91 Å². The van der Waals surface area contributed by atoms with E-state index in [4.69, 9.17) is 23.1 Å². The lowest BCUT2D eigenvalue weighted by molar-refractivity contribution is 0.1000. The zero-order valence-electron chi connectivity index (χ0n) is 19.5. The lowest BCUT2D eigenvalue weighted by Crippen LogP contribution is -2.44. The number of nitrogens with two attached hydrogens (primary N) is 2. The Kier molecular flexibility index (Phi) is 7.90. The molecule has 4 rings (SSSR count). The Hall–Kier alpha value is -3.55. The van der Waals surface area contributed by atoms with Crippen molar-refractivity contribution in [2.45, 2.75) is 19.4 Å². The van der Waals surface area contributed by atoms with E-state index in [1.165, 1.54) is 0 Å². The highest BCUT2D eigenvalue weighted by Crippen LogP contribution is 2.33. The number of nitrogens with zero attached hydrogens (tertiary/aromatic N) is 2. The molecule has 3 aromatic carbocycles. The van der Waals surface area contributed by atoms with Gasteiger partial charge in [0.1, 0.15) is 0 Å². The van der Waals surface area contributed by atoms with Gasteiger partial charge in [-0.1, -0.05) is 35.9 Å². The summed E-state index contributed by atoms with van der Waals surface area (Å²) < 4.78 is 0. The van der Waals surface area contributed by atoms with E-state index in [1.54, 1.807) is 35.2 Å². The minimum absolute atomic E-state index is 0.178. The van der Waals surface area contributed by atoms with Gasteiger partial charge in [0.15, 0.2) is 0 Å². The molecular formula is C27H30ClN5O2. The van der Waals surface area contributed by atoms with Crippen molar-refractivity contribution < 1.29 is 9.59 Å². The van der Waals surface area contributed by atoms with Crippen LogP contribution < -0.4 is 21.7 Å².